The van der Waals surface area contributed by atoms with Gasteiger partial charge in [-0.2, -0.15) is 13.2 Å². The summed E-state index contributed by atoms with van der Waals surface area (Å²) in [6, 6.07) is 18.8. The molecule has 0 aromatic heterocycles. The highest BCUT2D eigenvalue weighted by Crippen LogP contribution is 2.31. The summed E-state index contributed by atoms with van der Waals surface area (Å²) in [5.74, 6) is -0.630. The molecule has 0 radical (unpaired) electrons. The fourth-order valence-corrected chi connectivity index (χ4v) is 3.75. The van der Waals surface area contributed by atoms with E-state index >= 15 is 0 Å². The van der Waals surface area contributed by atoms with Crippen molar-refractivity contribution in [2.24, 2.45) is 0 Å². The number of benzene rings is 3. The maximum Gasteiger partial charge on any atom is 0.416 e. The van der Waals surface area contributed by atoms with Gasteiger partial charge in [0, 0.05) is 21.8 Å². The van der Waals surface area contributed by atoms with Gasteiger partial charge in [-0.05, 0) is 68.4 Å². The van der Waals surface area contributed by atoms with Gasteiger partial charge in [0.1, 0.15) is 0 Å². The molecule has 2 N–H and O–H groups in total. The summed E-state index contributed by atoms with van der Waals surface area (Å²) in [6.07, 6.45) is -4.47. The Bertz CT molecular complexity index is 1110. The van der Waals surface area contributed by atoms with Crippen molar-refractivity contribution in [1.29, 1.82) is 0 Å². The monoisotopic (exact) mass is 458 g/mol. The summed E-state index contributed by atoms with van der Waals surface area (Å²) in [5, 5.41) is 4.79. The predicted octanol–water partition coefficient (Wildman–Crippen LogP) is 6.39. The molecular weight excluding hydrogens is 437 g/mol. The zero-order valence-electron chi connectivity index (χ0n) is 17.4. The normalized spacial score (nSPS) is 12.2. The van der Waals surface area contributed by atoms with E-state index in [1.807, 2.05) is 19.1 Å². The van der Waals surface area contributed by atoms with Crippen LogP contribution in [0.2, 0.25) is 0 Å². The molecule has 3 aromatic rings. The minimum absolute atomic E-state index is 0.0893. The average Bonchev–Trinajstić information content (AvgIpc) is 2.74. The van der Waals surface area contributed by atoms with Gasteiger partial charge >= 0.3 is 6.18 Å². The number of thioether (sulfide) groups is 1. The lowest BCUT2D eigenvalue weighted by Crippen LogP contribution is -2.22. The smallest absolute Gasteiger partial charge is 0.325 e. The number of rotatable bonds is 6. The molecule has 2 amide bonds. The number of carbonyl (C=O) groups is 2. The van der Waals surface area contributed by atoms with Crippen LogP contribution in [0.4, 0.5) is 24.5 Å². The first-order chi connectivity index (χ1) is 15.1. The maximum absolute atomic E-state index is 12.8. The Hall–Kier alpha value is -3.26. The number of hydrogen-bond acceptors (Lipinski definition) is 3. The number of alkyl halides is 3. The van der Waals surface area contributed by atoms with Gasteiger partial charge in [0.15, 0.2) is 0 Å². The predicted molar refractivity (Wildman–Crippen MR) is 121 cm³/mol. The molecule has 0 saturated carbocycles. The van der Waals surface area contributed by atoms with E-state index in [4.69, 9.17) is 0 Å². The second-order valence-corrected chi connectivity index (χ2v) is 8.59. The Labute approximate surface area is 188 Å². The molecule has 0 spiro atoms. The molecule has 1 unspecified atom stereocenters. The van der Waals surface area contributed by atoms with Crippen molar-refractivity contribution in [3.05, 3.63) is 89.5 Å². The van der Waals surface area contributed by atoms with Gasteiger partial charge in [-0.1, -0.05) is 23.8 Å². The van der Waals surface area contributed by atoms with Crippen LogP contribution in [-0.4, -0.2) is 17.1 Å². The number of hydrogen-bond donors (Lipinski definition) is 2. The molecule has 0 aliphatic carbocycles. The summed E-state index contributed by atoms with van der Waals surface area (Å²) >= 11 is 1.26. The minimum Gasteiger partial charge on any atom is -0.325 e. The van der Waals surface area contributed by atoms with Crippen LogP contribution in [-0.2, 0) is 11.0 Å². The number of carbonyl (C=O) groups excluding carboxylic acids is 2. The fourth-order valence-electron chi connectivity index (χ4n) is 2.88. The lowest BCUT2D eigenvalue weighted by molar-refractivity contribution is -0.137. The van der Waals surface area contributed by atoms with E-state index in [0.29, 0.717) is 11.3 Å². The second kappa shape index (κ2) is 9.91. The van der Waals surface area contributed by atoms with Crippen molar-refractivity contribution in [3.8, 4) is 0 Å². The van der Waals surface area contributed by atoms with E-state index in [2.05, 4.69) is 10.6 Å². The third kappa shape index (κ3) is 6.37. The molecule has 0 aliphatic rings. The largest absolute Gasteiger partial charge is 0.416 e. The molecule has 1 atom stereocenters. The summed E-state index contributed by atoms with van der Waals surface area (Å²) in [4.78, 5) is 25.5. The molecule has 0 saturated heterocycles. The van der Waals surface area contributed by atoms with Crippen LogP contribution in [0.5, 0.6) is 0 Å². The van der Waals surface area contributed by atoms with E-state index < -0.39 is 22.9 Å². The number of anilines is 2. The molecule has 0 aliphatic heterocycles. The van der Waals surface area contributed by atoms with Gasteiger partial charge in [-0.15, -0.1) is 11.8 Å². The quantitative estimate of drug-likeness (QED) is 0.421. The summed E-state index contributed by atoms with van der Waals surface area (Å²) in [5.41, 5.74) is 1.43. The third-order valence-corrected chi connectivity index (χ3v) is 5.64. The van der Waals surface area contributed by atoms with Crippen LogP contribution in [0.1, 0.15) is 28.4 Å². The van der Waals surface area contributed by atoms with E-state index in [-0.39, 0.29) is 11.6 Å². The van der Waals surface area contributed by atoms with Crippen molar-refractivity contribution in [2.45, 2.75) is 30.2 Å². The minimum atomic E-state index is -4.47. The average molecular weight is 459 g/mol. The SMILES string of the molecule is Cc1cccc(C(=O)Nc2ccc(SC(C)C(=O)Nc3cccc(C(F)(F)F)c3)cc2)c1. The number of nitrogens with one attached hydrogen (secondary N) is 2. The lowest BCUT2D eigenvalue weighted by Gasteiger charge is -2.14. The molecule has 166 valence electrons. The number of halogens is 3. The van der Waals surface area contributed by atoms with Gasteiger partial charge in [0.2, 0.25) is 5.91 Å². The Morgan fingerprint density at radius 1 is 0.875 bits per heavy atom. The van der Waals surface area contributed by atoms with E-state index in [1.54, 1.807) is 43.3 Å². The standard InChI is InChI=1S/C24H21F3N2O2S/c1-15-5-3-6-17(13-15)23(31)28-19-9-11-21(12-10-19)32-16(2)22(30)29-20-8-4-7-18(14-20)24(25,26)27/h3-14,16H,1-2H3,(H,28,31)(H,29,30). The highest BCUT2D eigenvalue weighted by Gasteiger charge is 2.30. The Morgan fingerprint density at radius 2 is 1.56 bits per heavy atom. The molecule has 0 heterocycles. The summed E-state index contributed by atoms with van der Waals surface area (Å²) < 4.78 is 38.5. The molecular formula is C24H21F3N2O2S. The fraction of sp³-hybridized carbons (Fsp3) is 0.167. The van der Waals surface area contributed by atoms with Gasteiger partial charge in [-0.3, -0.25) is 9.59 Å². The van der Waals surface area contributed by atoms with Crippen LogP contribution >= 0.6 is 11.8 Å². The molecule has 0 fully saturated rings. The van der Waals surface area contributed by atoms with E-state index in [9.17, 15) is 22.8 Å². The first kappa shape index (κ1) is 23.4. The van der Waals surface area contributed by atoms with Crippen molar-refractivity contribution >= 4 is 35.0 Å². The molecule has 4 nitrogen and oxygen atoms in total. The summed E-state index contributed by atoms with van der Waals surface area (Å²) in [7, 11) is 0. The molecule has 32 heavy (non-hydrogen) atoms. The van der Waals surface area contributed by atoms with Crippen LogP contribution < -0.4 is 10.6 Å². The van der Waals surface area contributed by atoms with Crippen LogP contribution in [0, 0.1) is 6.92 Å². The van der Waals surface area contributed by atoms with Crippen LogP contribution in [0.25, 0.3) is 0 Å². The lowest BCUT2D eigenvalue weighted by atomic mass is 10.1. The van der Waals surface area contributed by atoms with Crippen molar-refractivity contribution in [3.63, 3.8) is 0 Å². The second-order valence-electron chi connectivity index (χ2n) is 7.18. The first-order valence-electron chi connectivity index (χ1n) is 9.75. The van der Waals surface area contributed by atoms with Crippen molar-refractivity contribution in [1.82, 2.24) is 0 Å². The Morgan fingerprint density at radius 3 is 2.22 bits per heavy atom. The first-order valence-corrected chi connectivity index (χ1v) is 10.6. The van der Waals surface area contributed by atoms with Crippen LogP contribution in [0.15, 0.2) is 77.7 Å². The highest BCUT2D eigenvalue weighted by molar-refractivity contribution is 8.00. The van der Waals surface area contributed by atoms with E-state index in [1.165, 1.54) is 23.9 Å². The highest BCUT2D eigenvalue weighted by atomic mass is 32.2. The number of amides is 2. The zero-order chi connectivity index (χ0) is 23.3. The van der Waals surface area contributed by atoms with Gasteiger partial charge in [0.25, 0.3) is 5.91 Å². The Balaban J connectivity index is 1.58. The van der Waals surface area contributed by atoms with Crippen LogP contribution in [0.3, 0.4) is 0 Å². The zero-order valence-corrected chi connectivity index (χ0v) is 18.2. The molecule has 3 aromatic carbocycles. The van der Waals surface area contributed by atoms with Gasteiger partial charge in [-0.25, -0.2) is 0 Å². The molecule has 8 heteroatoms. The molecule has 0 bridgehead atoms. The number of aryl methyl sites for hydroxylation is 1. The van der Waals surface area contributed by atoms with Gasteiger partial charge in [0.05, 0.1) is 10.8 Å². The van der Waals surface area contributed by atoms with Gasteiger partial charge < -0.3 is 10.6 Å². The maximum atomic E-state index is 12.8. The van der Waals surface area contributed by atoms with E-state index in [0.717, 1.165) is 22.6 Å². The van der Waals surface area contributed by atoms with Crippen molar-refractivity contribution < 1.29 is 22.8 Å². The summed E-state index contributed by atoms with van der Waals surface area (Å²) in [6.45, 7) is 3.58. The Kier molecular flexibility index (Phi) is 7.25. The molecule has 3 rings (SSSR count). The van der Waals surface area contributed by atoms with Crippen molar-refractivity contribution in [2.75, 3.05) is 10.6 Å². The third-order valence-electron chi connectivity index (χ3n) is 4.53. The topological polar surface area (TPSA) is 58.2 Å².